The first kappa shape index (κ1) is 14.6. The third kappa shape index (κ3) is 4.08. The maximum absolute atomic E-state index is 12.9. The van der Waals surface area contributed by atoms with Gasteiger partial charge in [-0.05, 0) is 37.3 Å². The molecule has 0 saturated heterocycles. The van der Waals surface area contributed by atoms with Crippen molar-refractivity contribution in [2.75, 3.05) is 20.3 Å². The average Bonchev–Trinajstić information content (AvgIpc) is 2.44. The molecule has 1 aromatic carbocycles. The minimum absolute atomic E-state index is 0.261. The van der Waals surface area contributed by atoms with E-state index in [1.54, 1.807) is 19.2 Å². The molecule has 0 aliphatic heterocycles. The highest BCUT2D eigenvalue weighted by atomic mass is 19.1. The fraction of sp³-hybridized carbons (Fsp3) is 0.333. The smallest absolute Gasteiger partial charge is 0.159 e. The molecule has 1 N–H and O–H groups in total. The summed E-state index contributed by atoms with van der Waals surface area (Å²) >= 11 is 0. The second kappa shape index (κ2) is 7.07. The molecule has 106 valence electrons. The molecule has 0 unspecified atom stereocenters. The Morgan fingerprint density at radius 1 is 1.20 bits per heavy atom. The molecule has 0 radical (unpaired) electrons. The number of ether oxygens (including phenoxy) is 1. The molecule has 2 aromatic rings. The number of aryl methyl sites for hydroxylation is 1. The normalized spacial score (nSPS) is 10.8. The van der Waals surface area contributed by atoms with Gasteiger partial charge in [0.1, 0.15) is 5.82 Å². The van der Waals surface area contributed by atoms with Crippen molar-refractivity contribution in [3.63, 3.8) is 0 Å². The molecule has 1 aromatic heterocycles. The highest BCUT2D eigenvalue weighted by Gasteiger charge is 2.05. The molecule has 0 bridgehead atoms. The lowest BCUT2D eigenvalue weighted by atomic mass is 10.2. The summed E-state index contributed by atoms with van der Waals surface area (Å²) in [4.78, 5) is 8.89. The van der Waals surface area contributed by atoms with Crippen LogP contribution in [0.5, 0.6) is 0 Å². The first-order valence-corrected chi connectivity index (χ1v) is 6.49. The quantitative estimate of drug-likeness (QED) is 0.822. The molecule has 0 aliphatic rings. The summed E-state index contributed by atoms with van der Waals surface area (Å²) in [7, 11) is 1.67. The fourth-order valence-corrected chi connectivity index (χ4v) is 1.84. The fourth-order valence-electron chi connectivity index (χ4n) is 1.84. The minimum atomic E-state index is -0.261. The first-order chi connectivity index (χ1) is 9.69. The van der Waals surface area contributed by atoms with E-state index in [0.29, 0.717) is 19.0 Å². The number of benzene rings is 1. The lowest BCUT2D eigenvalue weighted by Gasteiger charge is -2.07. The number of nitrogens with one attached hydrogen (secondary N) is 1. The van der Waals surface area contributed by atoms with Gasteiger partial charge in [-0.2, -0.15) is 0 Å². The third-order valence-electron chi connectivity index (χ3n) is 2.80. The van der Waals surface area contributed by atoms with E-state index in [1.165, 1.54) is 12.1 Å². The summed E-state index contributed by atoms with van der Waals surface area (Å²) in [5, 5.41) is 3.24. The monoisotopic (exact) mass is 275 g/mol. The Balaban J connectivity index is 2.13. The van der Waals surface area contributed by atoms with E-state index in [9.17, 15) is 4.39 Å². The molecule has 20 heavy (non-hydrogen) atoms. The molecule has 1 heterocycles. The Hall–Kier alpha value is -1.85. The number of hydrogen-bond acceptors (Lipinski definition) is 4. The maximum atomic E-state index is 12.9. The van der Waals surface area contributed by atoms with Crippen LogP contribution in [0.1, 0.15) is 11.4 Å². The molecule has 4 nitrogen and oxygen atoms in total. The van der Waals surface area contributed by atoms with Crippen LogP contribution in [0.15, 0.2) is 30.3 Å². The minimum Gasteiger partial charge on any atom is -0.383 e. The SMILES string of the molecule is COCCNCc1cc(C)nc(-c2ccc(F)cc2)n1. The molecular weight excluding hydrogens is 257 g/mol. The van der Waals surface area contributed by atoms with Crippen LogP contribution in [-0.4, -0.2) is 30.2 Å². The van der Waals surface area contributed by atoms with Crippen molar-refractivity contribution < 1.29 is 9.13 Å². The van der Waals surface area contributed by atoms with Gasteiger partial charge in [-0.25, -0.2) is 14.4 Å². The second-order valence-electron chi connectivity index (χ2n) is 4.50. The van der Waals surface area contributed by atoms with E-state index in [2.05, 4.69) is 15.3 Å². The highest BCUT2D eigenvalue weighted by molar-refractivity contribution is 5.54. The van der Waals surface area contributed by atoms with E-state index in [4.69, 9.17) is 4.74 Å². The van der Waals surface area contributed by atoms with Crippen LogP contribution in [0.4, 0.5) is 4.39 Å². The highest BCUT2D eigenvalue weighted by Crippen LogP contribution is 2.16. The lowest BCUT2D eigenvalue weighted by molar-refractivity contribution is 0.199. The van der Waals surface area contributed by atoms with Crippen molar-refractivity contribution in [2.45, 2.75) is 13.5 Å². The van der Waals surface area contributed by atoms with Crippen molar-refractivity contribution in [1.29, 1.82) is 0 Å². The molecule has 5 heteroatoms. The topological polar surface area (TPSA) is 47.0 Å². The Morgan fingerprint density at radius 3 is 2.65 bits per heavy atom. The summed E-state index contributed by atoms with van der Waals surface area (Å²) < 4.78 is 17.9. The number of hydrogen-bond donors (Lipinski definition) is 1. The predicted molar refractivity (Wildman–Crippen MR) is 75.7 cm³/mol. The van der Waals surface area contributed by atoms with Gasteiger partial charge >= 0.3 is 0 Å². The zero-order chi connectivity index (χ0) is 14.4. The van der Waals surface area contributed by atoms with Crippen LogP contribution in [-0.2, 0) is 11.3 Å². The molecule has 0 amide bonds. The van der Waals surface area contributed by atoms with Crippen LogP contribution in [0, 0.1) is 12.7 Å². The summed E-state index contributed by atoms with van der Waals surface area (Å²) in [6.07, 6.45) is 0. The van der Waals surface area contributed by atoms with E-state index < -0.39 is 0 Å². The zero-order valence-electron chi connectivity index (χ0n) is 11.7. The number of nitrogens with zero attached hydrogens (tertiary/aromatic N) is 2. The van der Waals surface area contributed by atoms with Crippen molar-refractivity contribution in [1.82, 2.24) is 15.3 Å². The van der Waals surface area contributed by atoms with Gasteiger partial charge in [0.2, 0.25) is 0 Å². The number of methoxy groups -OCH3 is 1. The van der Waals surface area contributed by atoms with Gasteiger partial charge in [0, 0.05) is 31.5 Å². The summed E-state index contributed by atoms with van der Waals surface area (Å²) in [6, 6.07) is 8.14. The van der Waals surface area contributed by atoms with Gasteiger partial charge in [-0.3, -0.25) is 0 Å². The molecule has 2 rings (SSSR count). The summed E-state index contributed by atoms with van der Waals surface area (Å²) in [6.45, 7) is 4.01. The van der Waals surface area contributed by atoms with Gasteiger partial charge in [-0.15, -0.1) is 0 Å². The molecule has 0 spiro atoms. The van der Waals surface area contributed by atoms with Crippen LogP contribution in [0.2, 0.25) is 0 Å². The first-order valence-electron chi connectivity index (χ1n) is 6.49. The standard InChI is InChI=1S/C15H18FN3O/c1-11-9-14(10-17-7-8-20-2)19-15(18-11)12-3-5-13(16)6-4-12/h3-6,9,17H,7-8,10H2,1-2H3. The van der Waals surface area contributed by atoms with E-state index in [-0.39, 0.29) is 5.82 Å². The van der Waals surface area contributed by atoms with Crippen LogP contribution in [0.25, 0.3) is 11.4 Å². The second-order valence-corrected chi connectivity index (χ2v) is 4.50. The predicted octanol–water partition coefficient (Wildman–Crippen LogP) is 2.33. The van der Waals surface area contributed by atoms with Crippen molar-refractivity contribution in [3.05, 3.63) is 47.5 Å². The largest absolute Gasteiger partial charge is 0.383 e. The lowest BCUT2D eigenvalue weighted by Crippen LogP contribution is -2.19. The third-order valence-corrected chi connectivity index (χ3v) is 2.80. The molecular formula is C15H18FN3O. The zero-order valence-corrected chi connectivity index (χ0v) is 11.7. The van der Waals surface area contributed by atoms with Gasteiger partial charge in [0.15, 0.2) is 5.82 Å². The summed E-state index contributed by atoms with van der Waals surface area (Å²) in [5.41, 5.74) is 2.61. The van der Waals surface area contributed by atoms with Gasteiger partial charge < -0.3 is 10.1 Å². The van der Waals surface area contributed by atoms with Gasteiger partial charge in [0.05, 0.1) is 12.3 Å². The summed E-state index contributed by atoms with van der Waals surface area (Å²) in [5.74, 6) is 0.358. The van der Waals surface area contributed by atoms with E-state index >= 15 is 0 Å². The Morgan fingerprint density at radius 2 is 1.95 bits per heavy atom. The Bertz CT molecular complexity index is 558. The van der Waals surface area contributed by atoms with Crippen molar-refractivity contribution in [2.24, 2.45) is 0 Å². The number of aromatic nitrogens is 2. The van der Waals surface area contributed by atoms with Gasteiger partial charge in [0.25, 0.3) is 0 Å². The van der Waals surface area contributed by atoms with Crippen molar-refractivity contribution in [3.8, 4) is 11.4 Å². The molecule has 0 aliphatic carbocycles. The Labute approximate surface area is 118 Å². The van der Waals surface area contributed by atoms with E-state index in [0.717, 1.165) is 23.5 Å². The van der Waals surface area contributed by atoms with Crippen molar-refractivity contribution >= 4 is 0 Å². The maximum Gasteiger partial charge on any atom is 0.159 e. The molecule has 0 saturated carbocycles. The molecule has 0 atom stereocenters. The van der Waals surface area contributed by atoms with Crippen LogP contribution in [0.3, 0.4) is 0 Å². The van der Waals surface area contributed by atoms with Gasteiger partial charge in [-0.1, -0.05) is 0 Å². The van der Waals surface area contributed by atoms with Crippen LogP contribution >= 0.6 is 0 Å². The van der Waals surface area contributed by atoms with E-state index in [1.807, 2.05) is 13.0 Å². The number of rotatable bonds is 6. The average molecular weight is 275 g/mol. The molecule has 0 fully saturated rings. The van der Waals surface area contributed by atoms with Crippen LogP contribution < -0.4 is 5.32 Å². The Kier molecular flexibility index (Phi) is 5.15. The number of halogens is 1.